The molecule has 0 spiro atoms. The van der Waals surface area contributed by atoms with Crippen LogP contribution >= 0.6 is 11.3 Å². The van der Waals surface area contributed by atoms with Crippen molar-refractivity contribution >= 4 is 34.0 Å². The van der Waals surface area contributed by atoms with Crippen LogP contribution in [-0.2, 0) is 7.05 Å². The van der Waals surface area contributed by atoms with E-state index in [1.165, 1.54) is 19.2 Å². The van der Waals surface area contributed by atoms with Crippen LogP contribution in [0.2, 0.25) is 0 Å². The molecule has 1 amide bonds. The molecule has 0 fully saturated rings. The molecule has 0 radical (unpaired) electrons. The molecule has 0 unspecified atom stereocenters. The summed E-state index contributed by atoms with van der Waals surface area (Å²) in [7, 11) is 3.22. The third-order valence-corrected chi connectivity index (χ3v) is 6.01. The number of anilines is 1. The smallest absolute Gasteiger partial charge is 0.259 e. The second-order valence-corrected chi connectivity index (χ2v) is 8.48. The number of ether oxygens (including phenoxy) is 1. The number of thiophene rings is 1. The van der Waals surface area contributed by atoms with Crippen molar-refractivity contribution in [3.8, 4) is 16.3 Å². The van der Waals surface area contributed by atoms with E-state index in [9.17, 15) is 9.18 Å². The largest absolute Gasteiger partial charge is 0.494 e. The lowest BCUT2D eigenvalue weighted by molar-refractivity contribution is 0.0981. The van der Waals surface area contributed by atoms with Gasteiger partial charge in [-0.2, -0.15) is 5.10 Å². The van der Waals surface area contributed by atoms with Crippen molar-refractivity contribution in [3.05, 3.63) is 58.9 Å². The highest BCUT2D eigenvalue weighted by Gasteiger charge is 2.27. The zero-order chi connectivity index (χ0) is 22.3. The number of methoxy groups -OCH3 is 1. The summed E-state index contributed by atoms with van der Waals surface area (Å²) in [5.74, 6) is -0.620. The number of amides is 1. The number of aryl methyl sites for hydroxylation is 2. The van der Waals surface area contributed by atoms with E-state index >= 15 is 0 Å². The molecule has 0 N–H and O–H groups in total. The van der Waals surface area contributed by atoms with Crippen LogP contribution in [0.5, 0.6) is 5.75 Å². The van der Waals surface area contributed by atoms with Crippen LogP contribution in [0.25, 0.3) is 21.6 Å². The Morgan fingerprint density at radius 1 is 1.26 bits per heavy atom. The Morgan fingerprint density at radius 2 is 2.03 bits per heavy atom. The number of carbonyl (C=O) groups excluding carboxylic acids is 1. The molecule has 3 aromatic heterocycles. The number of hydrogen-bond donors (Lipinski definition) is 0. The van der Waals surface area contributed by atoms with Crippen LogP contribution in [0.1, 0.15) is 29.9 Å². The maximum atomic E-state index is 14.4. The minimum Gasteiger partial charge on any atom is -0.494 e. The van der Waals surface area contributed by atoms with Crippen molar-refractivity contribution in [2.75, 3.05) is 12.0 Å². The first-order chi connectivity index (χ1) is 14.8. The van der Waals surface area contributed by atoms with Crippen LogP contribution in [-0.4, -0.2) is 33.8 Å². The van der Waals surface area contributed by atoms with Gasteiger partial charge in [-0.05, 0) is 50.4 Å². The molecule has 160 valence electrons. The maximum Gasteiger partial charge on any atom is 0.259 e. The second-order valence-electron chi connectivity index (χ2n) is 7.53. The molecule has 6 nitrogen and oxygen atoms in total. The average molecular weight is 439 g/mol. The summed E-state index contributed by atoms with van der Waals surface area (Å²) in [5.41, 5.74) is 3.01. The van der Waals surface area contributed by atoms with E-state index in [1.807, 2.05) is 45.3 Å². The standard InChI is InChI=1S/C23H23FN4O2S/c1-13(2)28(15-8-9-19(30-5)17(24)11-15)23(29)16-12-18(20-7-6-10-31-20)25-22-21(16)14(3)26-27(22)4/h6-13H,1-5H3. The summed E-state index contributed by atoms with van der Waals surface area (Å²) >= 11 is 1.55. The molecule has 1 aromatic carbocycles. The quantitative estimate of drug-likeness (QED) is 0.429. The Labute approximate surface area is 183 Å². The number of fused-ring (bicyclic) bond motifs is 1. The molecule has 4 rings (SSSR count). The zero-order valence-corrected chi connectivity index (χ0v) is 18.8. The molecular weight excluding hydrogens is 415 g/mol. The van der Waals surface area contributed by atoms with E-state index in [0.717, 1.165) is 10.6 Å². The summed E-state index contributed by atoms with van der Waals surface area (Å²) in [6.07, 6.45) is 0. The molecule has 0 saturated carbocycles. The van der Waals surface area contributed by atoms with Gasteiger partial charge in [-0.3, -0.25) is 9.48 Å². The van der Waals surface area contributed by atoms with Gasteiger partial charge >= 0.3 is 0 Å². The highest BCUT2D eigenvalue weighted by Crippen LogP contribution is 2.32. The van der Waals surface area contributed by atoms with Gasteiger partial charge in [-0.15, -0.1) is 11.3 Å². The minimum atomic E-state index is -0.518. The number of rotatable bonds is 5. The fourth-order valence-electron chi connectivity index (χ4n) is 3.75. The van der Waals surface area contributed by atoms with Crippen LogP contribution in [0.4, 0.5) is 10.1 Å². The maximum absolute atomic E-state index is 14.4. The number of carbonyl (C=O) groups is 1. The van der Waals surface area contributed by atoms with Crippen LogP contribution < -0.4 is 9.64 Å². The molecule has 0 saturated heterocycles. The van der Waals surface area contributed by atoms with E-state index in [-0.39, 0.29) is 17.7 Å². The van der Waals surface area contributed by atoms with Crippen LogP contribution in [0, 0.1) is 12.7 Å². The number of nitrogens with zero attached hydrogens (tertiary/aromatic N) is 4. The normalized spacial score (nSPS) is 11.3. The third kappa shape index (κ3) is 3.67. The zero-order valence-electron chi connectivity index (χ0n) is 18.0. The lowest BCUT2D eigenvalue weighted by atomic mass is 10.1. The van der Waals surface area contributed by atoms with Gasteiger partial charge in [0.1, 0.15) is 0 Å². The molecule has 0 aliphatic carbocycles. The molecule has 0 aliphatic heterocycles. The highest BCUT2D eigenvalue weighted by molar-refractivity contribution is 7.13. The van der Waals surface area contributed by atoms with E-state index in [1.54, 1.807) is 33.1 Å². The molecule has 3 heterocycles. The first-order valence-corrected chi connectivity index (χ1v) is 10.7. The van der Waals surface area contributed by atoms with Crippen molar-refractivity contribution in [2.45, 2.75) is 26.8 Å². The van der Waals surface area contributed by atoms with Gasteiger partial charge in [-0.25, -0.2) is 9.37 Å². The van der Waals surface area contributed by atoms with Gasteiger partial charge < -0.3 is 9.64 Å². The van der Waals surface area contributed by atoms with Crippen molar-refractivity contribution in [2.24, 2.45) is 7.05 Å². The number of halogens is 1. The fourth-order valence-corrected chi connectivity index (χ4v) is 4.44. The molecule has 0 atom stereocenters. The van der Waals surface area contributed by atoms with E-state index in [0.29, 0.717) is 28.0 Å². The molecule has 4 aromatic rings. The van der Waals surface area contributed by atoms with Crippen molar-refractivity contribution < 1.29 is 13.9 Å². The molecule has 0 aliphatic rings. The summed E-state index contributed by atoms with van der Waals surface area (Å²) in [6, 6.07) is 10.1. The van der Waals surface area contributed by atoms with Gasteiger partial charge in [-0.1, -0.05) is 6.07 Å². The molecule has 31 heavy (non-hydrogen) atoms. The Balaban J connectivity index is 1.91. The molecule has 8 heteroatoms. The van der Waals surface area contributed by atoms with Gasteiger partial charge in [0.15, 0.2) is 17.2 Å². The summed E-state index contributed by atoms with van der Waals surface area (Å²) in [5, 5.41) is 7.15. The fraction of sp³-hybridized carbons (Fsp3) is 0.261. The first kappa shape index (κ1) is 21.0. The topological polar surface area (TPSA) is 60.2 Å². The Kier molecular flexibility index (Phi) is 5.49. The van der Waals surface area contributed by atoms with Gasteiger partial charge in [0.2, 0.25) is 0 Å². The van der Waals surface area contributed by atoms with E-state index in [2.05, 4.69) is 5.10 Å². The average Bonchev–Trinajstić information content (AvgIpc) is 3.36. The third-order valence-electron chi connectivity index (χ3n) is 5.12. The minimum absolute atomic E-state index is 0.134. The number of benzene rings is 1. The van der Waals surface area contributed by atoms with Crippen molar-refractivity contribution in [1.82, 2.24) is 14.8 Å². The highest BCUT2D eigenvalue weighted by atomic mass is 32.1. The SMILES string of the molecule is COc1ccc(N(C(=O)c2cc(-c3cccs3)nc3c2c(C)nn3C)C(C)C)cc1F. The van der Waals surface area contributed by atoms with Crippen molar-refractivity contribution in [3.63, 3.8) is 0 Å². The van der Waals surface area contributed by atoms with Crippen molar-refractivity contribution in [1.29, 1.82) is 0 Å². The van der Waals surface area contributed by atoms with Gasteiger partial charge in [0, 0.05) is 24.8 Å². The summed E-state index contributed by atoms with van der Waals surface area (Å²) in [6.45, 7) is 5.65. The molecular formula is C23H23FN4O2S. The number of hydrogen-bond acceptors (Lipinski definition) is 5. The van der Waals surface area contributed by atoms with Gasteiger partial charge in [0.05, 0.1) is 34.3 Å². The van der Waals surface area contributed by atoms with E-state index < -0.39 is 5.82 Å². The van der Waals surface area contributed by atoms with Crippen LogP contribution in [0.3, 0.4) is 0 Å². The number of aromatic nitrogens is 3. The van der Waals surface area contributed by atoms with Crippen LogP contribution in [0.15, 0.2) is 41.8 Å². The second kappa shape index (κ2) is 8.11. The lowest BCUT2D eigenvalue weighted by Crippen LogP contribution is -2.37. The predicted molar refractivity (Wildman–Crippen MR) is 121 cm³/mol. The Hall–Kier alpha value is -3.26. The Bertz CT molecular complexity index is 1260. The van der Waals surface area contributed by atoms with E-state index in [4.69, 9.17) is 9.72 Å². The van der Waals surface area contributed by atoms with Gasteiger partial charge in [0.25, 0.3) is 5.91 Å². The summed E-state index contributed by atoms with van der Waals surface area (Å²) in [4.78, 5) is 21.2. The monoisotopic (exact) mass is 438 g/mol. The molecule has 0 bridgehead atoms. The predicted octanol–water partition coefficient (Wildman–Crippen LogP) is 5.21. The first-order valence-electron chi connectivity index (χ1n) is 9.87. The Morgan fingerprint density at radius 3 is 2.65 bits per heavy atom. The summed E-state index contributed by atoms with van der Waals surface area (Å²) < 4.78 is 21.1. The number of pyridine rings is 1. The lowest BCUT2D eigenvalue weighted by Gasteiger charge is -2.27.